The second kappa shape index (κ2) is 3.16. The molecule has 4 heteroatoms. The fourth-order valence-electron chi connectivity index (χ4n) is 3.69. The molecule has 4 aliphatic rings. The van der Waals surface area contributed by atoms with E-state index in [0.717, 1.165) is 31.5 Å². The summed E-state index contributed by atoms with van der Waals surface area (Å²) in [5, 5.41) is 0. The van der Waals surface area contributed by atoms with Crippen molar-refractivity contribution < 1.29 is 13.5 Å². The van der Waals surface area contributed by atoms with Crippen LogP contribution in [-0.2, 0) is 4.74 Å². The Hall–Kier alpha value is -1.32. The van der Waals surface area contributed by atoms with E-state index in [9.17, 15) is 8.78 Å². The highest BCUT2D eigenvalue weighted by atomic mass is 19.2. The molecule has 4 rings (SSSR count). The highest BCUT2D eigenvalue weighted by molar-refractivity contribution is 5.49. The maximum absolute atomic E-state index is 13.9. The molecule has 2 aliphatic carbocycles. The largest absolute Gasteiger partial charge is 0.487 e. The fourth-order valence-corrected chi connectivity index (χ4v) is 3.69. The Kier molecular flexibility index (Phi) is 1.86. The van der Waals surface area contributed by atoms with Gasteiger partial charge in [-0.3, -0.25) is 0 Å². The lowest BCUT2D eigenvalue weighted by molar-refractivity contribution is 0.117. The van der Waals surface area contributed by atoms with Crippen molar-refractivity contribution in [2.75, 3.05) is 13.2 Å². The number of hydrogen-bond donors (Lipinski definition) is 0. The van der Waals surface area contributed by atoms with Crippen LogP contribution < -0.4 is 0 Å². The molecular weight excluding hydrogens is 236 g/mol. The van der Waals surface area contributed by atoms with Crippen molar-refractivity contribution in [3.63, 3.8) is 0 Å². The summed E-state index contributed by atoms with van der Waals surface area (Å²) in [6, 6.07) is 0. The number of halogens is 2. The Morgan fingerprint density at radius 3 is 3.11 bits per heavy atom. The molecule has 0 saturated heterocycles. The van der Waals surface area contributed by atoms with E-state index in [2.05, 4.69) is 18.0 Å². The van der Waals surface area contributed by atoms with Crippen LogP contribution in [0.25, 0.3) is 0 Å². The van der Waals surface area contributed by atoms with E-state index in [-0.39, 0.29) is 17.1 Å². The highest BCUT2D eigenvalue weighted by Crippen LogP contribution is 2.71. The Labute approximate surface area is 105 Å². The molecular formula is C14H15F2NO. The first-order valence-electron chi connectivity index (χ1n) is 6.56. The van der Waals surface area contributed by atoms with Gasteiger partial charge in [0.05, 0.1) is 12.2 Å². The first kappa shape index (κ1) is 10.6. The van der Waals surface area contributed by atoms with E-state index in [0.29, 0.717) is 6.61 Å². The lowest BCUT2D eigenvalue weighted by Gasteiger charge is -2.42. The summed E-state index contributed by atoms with van der Waals surface area (Å²) in [5.74, 6) is -1.44. The SMILES string of the molecule is CCC1=CN2CCOC3=C2C2(C1)CC2C(F)=C3F. The molecule has 0 aromatic rings. The molecule has 0 radical (unpaired) electrons. The van der Waals surface area contributed by atoms with Crippen molar-refractivity contribution in [2.24, 2.45) is 11.3 Å². The minimum Gasteiger partial charge on any atom is -0.487 e. The first-order chi connectivity index (χ1) is 8.67. The number of rotatable bonds is 1. The van der Waals surface area contributed by atoms with Crippen LogP contribution in [0, 0.1) is 11.3 Å². The van der Waals surface area contributed by atoms with Gasteiger partial charge < -0.3 is 9.64 Å². The zero-order chi connectivity index (χ0) is 12.5. The van der Waals surface area contributed by atoms with Gasteiger partial charge in [0.15, 0.2) is 11.6 Å². The minimum atomic E-state index is -0.763. The van der Waals surface area contributed by atoms with E-state index < -0.39 is 11.7 Å². The standard InChI is InChI=1S/C14H15F2NO/c1-2-8-5-14-6-9(14)10(15)11(16)12-13(14)17(7-8)3-4-18-12/h7,9H,2-6H2,1H3. The maximum atomic E-state index is 13.9. The molecule has 0 aromatic carbocycles. The summed E-state index contributed by atoms with van der Waals surface area (Å²) in [5.41, 5.74) is 2.03. The zero-order valence-corrected chi connectivity index (χ0v) is 10.3. The molecule has 0 bridgehead atoms. The summed E-state index contributed by atoms with van der Waals surface area (Å²) in [6.07, 6.45) is 4.66. The molecule has 1 fully saturated rings. The first-order valence-corrected chi connectivity index (χ1v) is 6.56. The second-order valence-electron chi connectivity index (χ2n) is 5.61. The number of ether oxygens (including phenoxy) is 1. The van der Waals surface area contributed by atoms with Gasteiger partial charge in [-0.1, -0.05) is 12.5 Å². The van der Waals surface area contributed by atoms with E-state index in [4.69, 9.17) is 4.74 Å². The molecule has 0 amide bonds. The van der Waals surface area contributed by atoms with Crippen LogP contribution in [-0.4, -0.2) is 18.1 Å². The van der Waals surface area contributed by atoms with E-state index >= 15 is 0 Å². The summed E-state index contributed by atoms with van der Waals surface area (Å²) >= 11 is 0. The average Bonchev–Trinajstić information content (AvgIpc) is 3.10. The van der Waals surface area contributed by atoms with Gasteiger partial charge in [-0.05, 0) is 19.3 Å². The molecule has 2 unspecified atom stereocenters. The predicted octanol–water partition coefficient (Wildman–Crippen LogP) is 3.40. The van der Waals surface area contributed by atoms with Crippen LogP contribution in [0.1, 0.15) is 26.2 Å². The summed E-state index contributed by atoms with van der Waals surface area (Å²) < 4.78 is 33.3. The van der Waals surface area contributed by atoms with Gasteiger partial charge in [-0.25, -0.2) is 4.39 Å². The lowest BCUT2D eigenvalue weighted by atomic mass is 9.82. The van der Waals surface area contributed by atoms with Gasteiger partial charge in [-0.2, -0.15) is 4.39 Å². The van der Waals surface area contributed by atoms with Crippen LogP contribution >= 0.6 is 0 Å². The van der Waals surface area contributed by atoms with Crippen molar-refractivity contribution in [3.05, 3.63) is 34.9 Å². The van der Waals surface area contributed by atoms with E-state index in [1.54, 1.807) is 0 Å². The zero-order valence-electron chi connectivity index (χ0n) is 10.3. The Bertz CT molecular complexity index is 534. The van der Waals surface area contributed by atoms with Crippen LogP contribution in [0.15, 0.2) is 34.9 Å². The third-order valence-corrected chi connectivity index (χ3v) is 4.68. The molecule has 2 atom stereocenters. The molecule has 2 aliphatic heterocycles. The van der Waals surface area contributed by atoms with Crippen LogP contribution in [0.3, 0.4) is 0 Å². The normalized spacial score (nSPS) is 36.9. The second-order valence-corrected chi connectivity index (χ2v) is 5.61. The number of nitrogens with zero attached hydrogens (tertiary/aromatic N) is 1. The van der Waals surface area contributed by atoms with Gasteiger partial charge in [0.1, 0.15) is 12.4 Å². The van der Waals surface area contributed by atoms with Crippen molar-refractivity contribution >= 4 is 0 Å². The van der Waals surface area contributed by atoms with Crippen molar-refractivity contribution in [3.8, 4) is 0 Å². The topological polar surface area (TPSA) is 12.5 Å². The van der Waals surface area contributed by atoms with Crippen LogP contribution in [0.5, 0.6) is 0 Å². The van der Waals surface area contributed by atoms with Gasteiger partial charge in [-0.15, -0.1) is 0 Å². The molecule has 2 nitrogen and oxygen atoms in total. The van der Waals surface area contributed by atoms with E-state index in [1.165, 1.54) is 5.57 Å². The molecule has 1 saturated carbocycles. The Morgan fingerprint density at radius 1 is 1.50 bits per heavy atom. The maximum Gasteiger partial charge on any atom is 0.198 e. The molecule has 2 heterocycles. The number of hydrogen-bond acceptors (Lipinski definition) is 2. The Balaban J connectivity index is 1.92. The average molecular weight is 251 g/mol. The van der Waals surface area contributed by atoms with Crippen LogP contribution in [0.2, 0.25) is 0 Å². The summed E-state index contributed by atoms with van der Waals surface area (Å²) in [4.78, 5) is 2.09. The third-order valence-electron chi connectivity index (χ3n) is 4.68. The van der Waals surface area contributed by atoms with Gasteiger partial charge in [0.2, 0.25) is 0 Å². The van der Waals surface area contributed by atoms with Gasteiger partial charge in [0, 0.05) is 17.5 Å². The van der Waals surface area contributed by atoms with Gasteiger partial charge in [0.25, 0.3) is 0 Å². The summed E-state index contributed by atoms with van der Waals surface area (Å²) in [6.45, 7) is 3.28. The quantitative estimate of drug-likeness (QED) is 0.708. The van der Waals surface area contributed by atoms with E-state index in [1.807, 2.05) is 0 Å². The molecule has 96 valence electrons. The summed E-state index contributed by atoms with van der Waals surface area (Å²) in [7, 11) is 0. The highest BCUT2D eigenvalue weighted by Gasteiger charge is 2.66. The van der Waals surface area contributed by atoms with Gasteiger partial charge >= 0.3 is 0 Å². The molecule has 0 aromatic heterocycles. The lowest BCUT2D eigenvalue weighted by Crippen LogP contribution is -2.39. The minimum absolute atomic E-state index is 0.166. The predicted molar refractivity (Wildman–Crippen MR) is 62.5 cm³/mol. The number of allylic oxidation sites excluding steroid dienone is 4. The van der Waals surface area contributed by atoms with Crippen molar-refractivity contribution in [2.45, 2.75) is 26.2 Å². The van der Waals surface area contributed by atoms with Crippen LogP contribution in [0.4, 0.5) is 8.78 Å². The molecule has 18 heavy (non-hydrogen) atoms. The Morgan fingerprint density at radius 2 is 2.33 bits per heavy atom. The smallest absolute Gasteiger partial charge is 0.198 e. The van der Waals surface area contributed by atoms with Crippen molar-refractivity contribution in [1.82, 2.24) is 4.90 Å². The third kappa shape index (κ3) is 1.07. The van der Waals surface area contributed by atoms with Crippen molar-refractivity contribution in [1.29, 1.82) is 0 Å². The molecule has 1 spiro atoms. The molecule has 0 N–H and O–H groups in total. The monoisotopic (exact) mass is 251 g/mol. The fraction of sp³-hybridized carbons (Fsp3) is 0.571.